The predicted octanol–water partition coefficient (Wildman–Crippen LogP) is 4.02. The first-order valence-electron chi connectivity index (χ1n) is 7.63. The van der Waals surface area contributed by atoms with Crippen molar-refractivity contribution >= 4 is 43.9 Å². The molecule has 0 atom stereocenters. The lowest BCUT2D eigenvalue weighted by Gasteiger charge is -2.06. The van der Waals surface area contributed by atoms with Crippen LogP contribution in [-0.2, 0) is 7.05 Å². The zero-order valence-corrected chi connectivity index (χ0v) is 15.5. The predicted molar refractivity (Wildman–Crippen MR) is 101 cm³/mol. The van der Waals surface area contributed by atoms with Crippen molar-refractivity contribution in [3.8, 4) is 11.1 Å². The lowest BCUT2D eigenvalue weighted by atomic mass is 10.1. The van der Waals surface area contributed by atoms with Crippen molar-refractivity contribution in [1.29, 1.82) is 0 Å². The molecular weight excluding hydrogens is 354 g/mol. The number of thiazole rings is 1. The second-order valence-corrected chi connectivity index (χ2v) is 7.51. The zero-order chi connectivity index (χ0) is 17.6. The number of aromatic nitrogens is 4. The van der Waals surface area contributed by atoms with Gasteiger partial charge in [-0.25, -0.2) is 9.97 Å². The second kappa shape index (κ2) is 6.05. The highest BCUT2D eigenvalue weighted by molar-refractivity contribution is 7.17. The van der Waals surface area contributed by atoms with Gasteiger partial charge in [0.05, 0.1) is 21.6 Å². The molecule has 1 amide bonds. The van der Waals surface area contributed by atoms with E-state index in [9.17, 15) is 4.79 Å². The van der Waals surface area contributed by atoms with Gasteiger partial charge in [-0.3, -0.25) is 14.8 Å². The van der Waals surface area contributed by atoms with E-state index in [0.29, 0.717) is 10.8 Å². The third-order valence-electron chi connectivity index (χ3n) is 3.79. The molecule has 0 aromatic carbocycles. The van der Waals surface area contributed by atoms with Crippen LogP contribution in [0.3, 0.4) is 0 Å². The van der Waals surface area contributed by atoms with E-state index in [0.717, 1.165) is 32.7 Å². The molecule has 0 aliphatic carbocycles. The summed E-state index contributed by atoms with van der Waals surface area (Å²) in [6.45, 7) is 3.86. The van der Waals surface area contributed by atoms with Gasteiger partial charge in [0.15, 0.2) is 5.13 Å². The van der Waals surface area contributed by atoms with Crippen LogP contribution in [0.4, 0.5) is 5.13 Å². The summed E-state index contributed by atoms with van der Waals surface area (Å²) in [7, 11) is 1.89. The van der Waals surface area contributed by atoms with Crippen molar-refractivity contribution < 1.29 is 4.79 Å². The molecule has 4 aromatic heterocycles. The Morgan fingerprint density at radius 3 is 2.72 bits per heavy atom. The van der Waals surface area contributed by atoms with Crippen molar-refractivity contribution in [2.24, 2.45) is 7.05 Å². The topological polar surface area (TPSA) is 72.7 Å². The fourth-order valence-corrected chi connectivity index (χ4v) is 4.26. The molecule has 4 aromatic rings. The maximum Gasteiger partial charge on any atom is 0.276 e. The number of nitrogens with one attached hydrogen (secondary N) is 1. The SMILES string of the molecule is Cc1csc(NC(=O)c2cc(-c3cn(C)nc3C)c3sccc3n2)n1. The molecule has 4 rings (SSSR count). The maximum atomic E-state index is 12.6. The minimum absolute atomic E-state index is 0.259. The monoisotopic (exact) mass is 369 g/mol. The number of carbonyl (C=O) groups is 1. The Balaban J connectivity index is 1.80. The summed E-state index contributed by atoms with van der Waals surface area (Å²) in [4.78, 5) is 21.4. The molecular formula is C17H15N5OS2. The highest BCUT2D eigenvalue weighted by atomic mass is 32.1. The minimum atomic E-state index is -0.259. The van der Waals surface area contributed by atoms with Crippen LogP contribution in [0.15, 0.2) is 29.1 Å². The van der Waals surface area contributed by atoms with E-state index in [-0.39, 0.29) is 5.91 Å². The Bertz CT molecular complexity index is 1090. The van der Waals surface area contributed by atoms with Crippen molar-refractivity contribution in [3.05, 3.63) is 46.2 Å². The molecule has 0 aliphatic rings. The van der Waals surface area contributed by atoms with E-state index in [1.54, 1.807) is 16.0 Å². The molecule has 0 fully saturated rings. The smallest absolute Gasteiger partial charge is 0.276 e. The number of thiophene rings is 1. The van der Waals surface area contributed by atoms with Crippen LogP contribution >= 0.6 is 22.7 Å². The molecule has 0 radical (unpaired) electrons. The molecule has 126 valence electrons. The number of hydrogen-bond acceptors (Lipinski definition) is 6. The minimum Gasteiger partial charge on any atom is -0.296 e. The van der Waals surface area contributed by atoms with Crippen LogP contribution in [0, 0.1) is 13.8 Å². The van der Waals surface area contributed by atoms with Crippen LogP contribution in [0.2, 0.25) is 0 Å². The first-order chi connectivity index (χ1) is 12.0. The van der Waals surface area contributed by atoms with E-state index in [1.807, 2.05) is 50.0 Å². The summed E-state index contributed by atoms with van der Waals surface area (Å²) >= 11 is 3.02. The third-order valence-corrected chi connectivity index (χ3v) is 5.60. The standard InChI is InChI=1S/C17H15N5OS2/c1-9-8-25-17(18-9)20-16(23)14-6-11(12-7-22(3)21-10(12)2)15-13(19-14)4-5-24-15/h4-8H,1-3H3,(H,18,20,23). The van der Waals surface area contributed by atoms with Gasteiger partial charge in [0, 0.05) is 29.8 Å². The van der Waals surface area contributed by atoms with Gasteiger partial charge in [-0.1, -0.05) is 0 Å². The van der Waals surface area contributed by atoms with Gasteiger partial charge in [0.25, 0.3) is 5.91 Å². The van der Waals surface area contributed by atoms with Crippen LogP contribution in [-0.4, -0.2) is 25.7 Å². The third kappa shape index (κ3) is 2.94. The fourth-order valence-electron chi connectivity index (χ4n) is 2.71. The van der Waals surface area contributed by atoms with E-state index < -0.39 is 0 Å². The number of pyridine rings is 1. The molecule has 4 heterocycles. The second-order valence-electron chi connectivity index (χ2n) is 5.74. The van der Waals surface area contributed by atoms with Gasteiger partial charge in [0.1, 0.15) is 5.69 Å². The summed E-state index contributed by atoms with van der Waals surface area (Å²) in [5.74, 6) is -0.259. The highest BCUT2D eigenvalue weighted by Crippen LogP contribution is 2.34. The number of fused-ring (bicyclic) bond motifs is 1. The van der Waals surface area contributed by atoms with E-state index in [2.05, 4.69) is 20.4 Å². The summed E-state index contributed by atoms with van der Waals surface area (Å²) in [6.07, 6.45) is 1.97. The maximum absolute atomic E-state index is 12.6. The molecule has 0 saturated heterocycles. The molecule has 0 saturated carbocycles. The average molecular weight is 369 g/mol. The zero-order valence-electron chi connectivity index (χ0n) is 13.9. The Kier molecular flexibility index (Phi) is 3.85. The first kappa shape index (κ1) is 15.9. The van der Waals surface area contributed by atoms with E-state index >= 15 is 0 Å². The van der Waals surface area contributed by atoms with E-state index in [4.69, 9.17) is 0 Å². The lowest BCUT2D eigenvalue weighted by Crippen LogP contribution is -2.13. The fraction of sp³-hybridized carbons (Fsp3) is 0.176. The molecule has 0 unspecified atom stereocenters. The molecule has 0 bridgehead atoms. The quantitative estimate of drug-likeness (QED) is 0.592. The van der Waals surface area contributed by atoms with E-state index in [1.165, 1.54) is 11.3 Å². The van der Waals surface area contributed by atoms with Gasteiger partial charge < -0.3 is 0 Å². The Morgan fingerprint density at radius 1 is 1.20 bits per heavy atom. The number of aryl methyl sites for hydroxylation is 3. The van der Waals surface area contributed by atoms with Crippen molar-refractivity contribution in [2.45, 2.75) is 13.8 Å². The molecule has 6 nitrogen and oxygen atoms in total. The number of hydrogen-bond donors (Lipinski definition) is 1. The summed E-state index contributed by atoms with van der Waals surface area (Å²) in [5.41, 5.74) is 4.98. The molecule has 0 spiro atoms. The largest absolute Gasteiger partial charge is 0.296 e. The summed E-state index contributed by atoms with van der Waals surface area (Å²) < 4.78 is 2.83. The van der Waals surface area contributed by atoms with Crippen molar-refractivity contribution in [2.75, 3.05) is 5.32 Å². The molecule has 25 heavy (non-hydrogen) atoms. The molecule has 8 heteroatoms. The number of amides is 1. The Morgan fingerprint density at radius 2 is 2.04 bits per heavy atom. The number of anilines is 1. The van der Waals surface area contributed by atoms with Crippen molar-refractivity contribution in [3.63, 3.8) is 0 Å². The van der Waals surface area contributed by atoms with Gasteiger partial charge in [-0.15, -0.1) is 22.7 Å². The van der Waals surface area contributed by atoms with Gasteiger partial charge in [-0.2, -0.15) is 5.10 Å². The van der Waals surface area contributed by atoms with Gasteiger partial charge >= 0.3 is 0 Å². The molecule has 1 N–H and O–H groups in total. The first-order valence-corrected chi connectivity index (χ1v) is 9.39. The molecule has 0 aliphatic heterocycles. The summed E-state index contributed by atoms with van der Waals surface area (Å²) in [6, 6.07) is 3.76. The Labute approximate surface area is 152 Å². The van der Waals surface area contributed by atoms with Crippen LogP contribution in [0.1, 0.15) is 21.9 Å². The number of nitrogens with zero attached hydrogens (tertiary/aromatic N) is 4. The van der Waals surface area contributed by atoms with Crippen LogP contribution in [0.25, 0.3) is 21.3 Å². The normalized spacial score (nSPS) is 11.2. The number of rotatable bonds is 3. The van der Waals surface area contributed by atoms with Gasteiger partial charge in [-0.05, 0) is 31.4 Å². The van der Waals surface area contributed by atoms with Crippen LogP contribution in [0.5, 0.6) is 0 Å². The van der Waals surface area contributed by atoms with Crippen molar-refractivity contribution in [1.82, 2.24) is 19.7 Å². The van der Waals surface area contributed by atoms with Crippen LogP contribution < -0.4 is 5.32 Å². The van der Waals surface area contributed by atoms with Gasteiger partial charge in [0.2, 0.25) is 0 Å². The Hall–Kier alpha value is -2.58. The lowest BCUT2D eigenvalue weighted by molar-refractivity contribution is 0.102. The summed E-state index contributed by atoms with van der Waals surface area (Å²) in [5, 5.41) is 11.7. The highest BCUT2D eigenvalue weighted by Gasteiger charge is 2.17. The average Bonchev–Trinajstić information content (AvgIpc) is 3.27. The number of carbonyl (C=O) groups excluding carboxylic acids is 1.